The number of anilines is 4. The molecule has 0 atom stereocenters. The van der Waals surface area contributed by atoms with E-state index in [-0.39, 0.29) is 23.1 Å². The average molecular weight is 409 g/mol. The van der Waals surface area contributed by atoms with Crippen LogP contribution in [0.15, 0.2) is 48.8 Å². The van der Waals surface area contributed by atoms with Gasteiger partial charge in [0, 0.05) is 17.3 Å². The Morgan fingerprint density at radius 1 is 1.00 bits per heavy atom. The van der Waals surface area contributed by atoms with Gasteiger partial charge in [-0.2, -0.15) is 0 Å². The molecular weight excluding hydrogens is 390 g/mol. The Morgan fingerprint density at radius 3 is 2.23 bits per heavy atom. The van der Waals surface area contributed by atoms with E-state index in [0.29, 0.717) is 28.4 Å². The lowest BCUT2D eigenvalue weighted by atomic mass is 10.1. The monoisotopic (exact) mass is 409 g/mol. The van der Waals surface area contributed by atoms with Gasteiger partial charge in [0.2, 0.25) is 11.6 Å². The zero-order valence-electron chi connectivity index (χ0n) is 16.5. The Balaban J connectivity index is 1.95. The van der Waals surface area contributed by atoms with Crippen LogP contribution in [0.5, 0.6) is 11.5 Å². The SMILES string of the molecule is COc1ccc(Nc2ncnc(Nc3ccc(C(C)=O)cc3)c2[N+](=O)[O-])c(OC)c1. The summed E-state index contributed by atoms with van der Waals surface area (Å²) < 4.78 is 10.5. The summed E-state index contributed by atoms with van der Waals surface area (Å²) >= 11 is 0. The van der Waals surface area contributed by atoms with E-state index < -0.39 is 4.92 Å². The second kappa shape index (κ2) is 8.86. The maximum atomic E-state index is 11.8. The molecule has 10 heteroatoms. The standard InChI is InChI=1S/C20H19N5O5/c1-12(26)13-4-6-14(7-5-13)23-19-18(25(27)28)20(22-11-21-19)24-16-9-8-15(29-2)10-17(16)30-3/h4-11H,1-3H3,(H2,21,22,23,24). The largest absolute Gasteiger partial charge is 0.497 e. The number of methoxy groups -OCH3 is 2. The van der Waals surface area contributed by atoms with Crippen molar-refractivity contribution in [2.24, 2.45) is 0 Å². The molecule has 0 saturated heterocycles. The minimum atomic E-state index is -0.579. The summed E-state index contributed by atoms with van der Waals surface area (Å²) in [5, 5.41) is 17.6. The fourth-order valence-corrected chi connectivity index (χ4v) is 2.69. The van der Waals surface area contributed by atoms with Crippen molar-refractivity contribution in [3.8, 4) is 11.5 Å². The van der Waals surface area contributed by atoms with Crippen LogP contribution in [0.25, 0.3) is 0 Å². The summed E-state index contributed by atoms with van der Waals surface area (Å²) in [7, 11) is 3.00. The Bertz CT molecular complexity index is 1090. The third kappa shape index (κ3) is 4.43. The number of nitrogens with one attached hydrogen (secondary N) is 2. The summed E-state index contributed by atoms with van der Waals surface area (Å²) in [5.74, 6) is 0.916. The van der Waals surface area contributed by atoms with Crippen LogP contribution >= 0.6 is 0 Å². The summed E-state index contributed by atoms with van der Waals surface area (Å²) in [6.07, 6.45) is 1.21. The lowest BCUT2D eigenvalue weighted by Gasteiger charge is -2.13. The minimum Gasteiger partial charge on any atom is -0.497 e. The number of rotatable bonds is 8. The molecule has 1 aromatic heterocycles. The van der Waals surface area contributed by atoms with Gasteiger partial charge < -0.3 is 20.1 Å². The van der Waals surface area contributed by atoms with Gasteiger partial charge in [-0.05, 0) is 43.3 Å². The van der Waals surface area contributed by atoms with Gasteiger partial charge >= 0.3 is 5.69 Å². The molecule has 3 aromatic rings. The number of hydrogen-bond acceptors (Lipinski definition) is 9. The number of ketones is 1. The highest BCUT2D eigenvalue weighted by Crippen LogP contribution is 2.36. The fourth-order valence-electron chi connectivity index (χ4n) is 2.69. The topological polar surface area (TPSA) is 129 Å². The van der Waals surface area contributed by atoms with Crippen molar-refractivity contribution in [2.45, 2.75) is 6.92 Å². The van der Waals surface area contributed by atoms with Gasteiger partial charge in [0.05, 0.1) is 24.8 Å². The number of nitro groups is 1. The zero-order chi connectivity index (χ0) is 21.7. The van der Waals surface area contributed by atoms with Crippen molar-refractivity contribution in [3.63, 3.8) is 0 Å². The van der Waals surface area contributed by atoms with E-state index in [1.54, 1.807) is 42.5 Å². The molecule has 30 heavy (non-hydrogen) atoms. The highest BCUT2D eigenvalue weighted by Gasteiger charge is 2.24. The molecule has 0 aliphatic carbocycles. The lowest BCUT2D eigenvalue weighted by Crippen LogP contribution is -2.06. The van der Waals surface area contributed by atoms with Gasteiger partial charge in [0.15, 0.2) is 5.78 Å². The summed E-state index contributed by atoms with van der Waals surface area (Å²) in [5.41, 5.74) is 1.20. The zero-order valence-corrected chi connectivity index (χ0v) is 16.5. The van der Waals surface area contributed by atoms with Crippen molar-refractivity contribution >= 4 is 34.5 Å². The van der Waals surface area contributed by atoms with Gasteiger partial charge in [-0.25, -0.2) is 9.97 Å². The number of carbonyl (C=O) groups is 1. The molecule has 0 aliphatic heterocycles. The number of ether oxygens (including phenoxy) is 2. The third-order valence-corrected chi connectivity index (χ3v) is 4.22. The van der Waals surface area contributed by atoms with E-state index in [9.17, 15) is 14.9 Å². The molecule has 10 nitrogen and oxygen atoms in total. The predicted octanol–water partition coefficient (Wildman–Crippen LogP) is 4.09. The van der Waals surface area contributed by atoms with Crippen molar-refractivity contribution < 1.29 is 19.2 Å². The number of benzene rings is 2. The molecule has 2 aromatic carbocycles. The van der Waals surface area contributed by atoms with Crippen molar-refractivity contribution in [1.29, 1.82) is 0 Å². The van der Waals surface area contributed by atoms with E-state index >= 15 is 0 Å². The molecule has 1 heterocycles. The normalized spacial score (nSPS) is 10.2. The maximum absolute atomic E-state index is 11.8. The fraction of sp³-hybridized carbons (Fsp3) is 0.150. The second-order valence-electron chi connectivity index (χ2n) is 6.13. The molecule has 0 amide bonds. The maximum Gasteiger partial charge on any atom is 0.353 e. The van der Waals surface area contributed by atoms with E-state index in [1.165, 1.54) is 27.5 Å². The first-order valence-electron chi connectivity index (χ1n) is 8.79. The first-order chi connectivity index (χ1) is 14.4. The number of aromatic nitrogens is 2. The Hall–Kier alpha value is -4.21. The Kier molecular flexibility index (Phi) is 6.06. The molecular formula is C20H19N5O5. The molecule has 0 saturated carbocycles. The molecule has 0 spiro atoms. The highest BCUT2D eigenvalue weighted by molar-refractivity contribution is 5.94. The van der Waals surface area contributed by atoms with Crippen LogP contribution in [-0.4, -0.2) is 34.9 Å². The predicted molar refractivity (Wildman–Crippen MR) is 111 cm³/mol. The van der Waals surface area contributed by atoms with E-state index in [0.717, 1.165) is 0 Å². The minimum absolute atomic E-state index is 0.000513. The van der Waals surface area contributed by atoms with Crippen LogP contribution in [-0.2, 0) is 0 Å². The van der Waals surface area contributed by atoms with Crippen LogP contribution in [0.4, 0.5) is 28.7 Å². The number of hydrogen-bond donors (Lipinski definition) is 2. The molecule has 3 rings (SSSR count). The van der Waals surface area contributed by atoms with E-state index in [1.807, 2.05) is 0 Å². The van der Waals surface area contributed by atoms with Crippen LogP contribution in [0, 0.1) is 10.1 Å². The first-order valence-corrected chi connectivity index (χ1v) is 8.79. The van der Waals surface area contributed by atoms with Gasteiger partial charge in [0.1, 0.15) is 17.8 Å². The molecule has 0 bridgehead atoms. The van der Waals surface area contributed by atoms with Gasteiger partial charge in [-0.1, -0.05) is 0 Å². The number of carbonyl (C=O) groups excluding carboxylic acids is 1. The Labute approximate surface area is 172 Å². The van der Waals surface area contributed by atoms with Crippen molar-refractivity contribution in [2.75, 3.05) is 24.9 Å². The molecule has 0 unspecified atom stereocenters. The molecule has 0 fully saturated rings. The van der Waals surface area contributed by atoms with Crippen LogP contribution in [0.2, 0.25) is 0 Å². The van der Waals surface area contributed by atoms with Crippen molar-refractivity contribution in [1.82, 2.24) is 9.97 Å². The molecule has 0 radical (unpaired) electrons. The second-order valence-corrected chi connectivity index (χ2v) is 6.13. The highest BCUT2D eigenvalue weighted by atomic mass is 16.6. The van der Waals surface area contributed by atoms with Gasteiger partial charge in [0.25, 0.3) is 0 Å². The number of Topliss-reactive ketones (excluding diaryl/α,β-unsaturated/α-hetero) is 1. The van der Waals surface area contributed by atoms with E-state index in [2.05, 4.69) is 20.6 Å². The lowest BCUT2D eigenvalue weighted by molar-refractivity contribution is -0.383. The average Bonchev–Trinajstić information content (AvgIpc) is 2.74. The van der Waals surface area contributed by atoms with Crippen LogP contribution in [0.1, 0.15) is 17.3 Å². The first kappa shape index (κ1) is 20.5. The summed E-state index contributed by atoms with van der Waals surface area (Å²) in [4.78, 5) is 30.6. The molecule has 0 aliphatic rings. The number of nitrogens with zero attached hydrogens (tertiary/aromatic N) is 3. The van der Waals surface area contributed by atoms with Gasteiger partial charge in [-0.3, -0.25) is 14.9 Å². The summed E-state index contributed by atoms with van der Waals surface area (Å²) in [6, 6.07) is 11.5. The quantitative estimate of drug-likeness (QED) is 0.321. The van der Waals surface area contributed by atoms with Crippen LogP contribution < -0.4 is 20.1 Å². The van der Waals surface area contributed by atoms with Gasteiger partial charge in [-0.15, -0.1) is 0 Å². The van der Waals surface area contributed by atoms with Crippen LogP contribution in [0.3, 0.4) is 0 Å². The molecule has 2 N–H and O–H groups in total. The van der Waals surface area contributed by atoms with Crippen molar-refractivity contribution in [3.05, 3.63) is 64.5 Å². The smallest absolute Gasteiger partial charge is 0.353 e. The molecule has 154 valence electrons. The van der Waals surface area contributed by atoms with E-state index in [4.69, 9.17) is 9.47 Å². The summed E-state index contributed by atoms with van der Waals surface area (Å²) in [6.45, 7) is 1.46. The Morgan fingerprint density at radius 2 is 1.67 bits per heavy atom. The third-order valence-electron chi connectivity index (χ3n) is 4.22.